The number of anilines is 1. The van der Waals surface area contributed by atoms with Gasteiger partial charge in [-0.25, -0.2) is 0 Å². The second-order valence-electron chi connectivity index (χ2n) is 5.52. The van der Waals surface area contributed by atoms with Crippen LogP contribution in [0.25, 0.3) is 11.1 Å². The zero-order valence-electron chi connectivity index (χ0n) is 12.6. The number of hydrogen-bond donors (Lipinski definition) is 0. The molecule has 0 spiro atoms. The summed E-state index contributed by atoms with van der Waals surface area (Å²) in [4.78, 5) is 2.30. The van der Waals surface area contributed by atoms with Gasteiger partial charge in [0.15, 0.2) is 11.5 Å². The predicted octanol–water partition coefficient (Wildman–Crippen LogP) is 1.69. The standard InChI is InChI=1S/C16H19N3O3/c1-18-11-13(10-17-18)12-8-14(19-2-4-20-5-3-19)16-15(9-12)21-6-7-22-16/h8-11H,2-7H2,1H3. The molecule has 0 unspecified atom stereocenters. The molecule has 0 aliphatic carbocycles. The van der Waals surface area contributed by atoms with E-state index in [9.17, 15) is 0 Å². The summed E-state index contributed by atoms with van der Waals surface area (Å²) >= 11 is 0. The minimum atomic E-state index is 0.589. The molecular formula is C16H19N3O3. The Kier molecular flexibility index (Phi) is 3.38. The first-order chi connectivity index (χ1) is 10.8. The molecule has 0 N–H and O–H groups in total. The summed E-state index contributed by atoms with van der Waals surface area (Å²) in [5.41, 5.74) is 3.26. The topological polar surface area (TPSA) is 48.8 Å². The van der Waals surface area contributed by atoms with Gasteiger partial charge in [0.05, 0.1) is 25.1 Å². The number of aryl methyl sites for hydroxylation is 1. The van der Waals surface area contributed by atoms with E-state index in [2.05, 4.69) is 16.1 Å². The molecule has 4 rings (SSSR count). The lowest BCUT2D eigenvalue weighted by molar-refractivity contribution is 0.121. The molecule has 1 saturated heterocycles. The SMILES string of the molecule is Cn1cc(-c2cc3c(c(N4CCOCC4)c2)OCCO3)cn1. The van der Waals surface area contributed by atoms with Crippen molar-refractivity contribution in [3.05, 3.63) is 24.5 Å². The Morgan fingerprint density at radius 2 is 1.82 bits per heavy atom. The minimum Gasteiger partial charge on any atom is -0.486 e. The Balaban J connectivity index is 1.80. The van der Waals surface area contributed by atoms with Crippen LogP contribution in [0.15, 0.2) is 24.5 Å². The van der Waals surface area contributed by atoms with E-state index in [0.29, 0.717) is 13.2 Å². The molecule has 1 aromatic carbocycles. The van der Waals surface area contributed by atoms with E-state index in [-0.39, 0.29) is 0 Å². The molecule has 6 nitrogen and oxygen atoms in total. The molecular weight excluding hydrogens is 282 g/mol. The largest absolute Gasteiger partial charge is 0.486 e. The van der Waals surface area contributed by atoms with Gasteiger partial charge in [-0.05, 0) is 17.7 Å². The average Bonchev–Trinajstić information content (AvgIpc) is 3.01. The van der Waals surface area contributed by atoms with Gasteiger partial charge in [0.25, 0.3) is 0 Å². The highest BCUT2D eigenvalue weighted by Crippen LogP contribution is 2.43. The van der Waals surface area contributed by atoms with Gasteiger partial charge in [0.1, 0.15) is 13.2 Å². The quantitative estimate of drug-likeness (QED) is 0.845. The van der Waals surface area contributed by atoms with Crippen molar-refractivity contribution in [2.24, 2.45) is 7.05 Å². The summed E-state index contributed by atoms with van der Waals surface area (Å²) < 4.78 is 19.0. The van der Waals surface area contributed by atoms with Crippen LogP contribution in [0.1, 0.15) is 0 Å². The Bertz CT molecular complexity index is 677. The second-order valence-corrected chi connectivity index (χ2v) is 5.52. The van der Waals surface area contributed by atoms with Crippen LogP contribution in [0.3, 0.4) is 0 Å². The van der Waals surface area contributed by atoms with E-state index in [1.165, 1.54) is 0 Å². The van der Waals surface area contributed by atoms with E-state index in [1.54, 1.807) is 4.68 Å². The highest BCUT2D eigenvalue weighted by Gasteiger charge is 2.23. The molecule has 2 aliphatic rings. The molecule has 1 aromatic heterocycles. The van der Waals surface area contributed by atoms with Crippen LogP contribution in [0.4, 0.5) is 5.69 Å². The first kappa shape index (κ1) is 13.5. The summed E-state index contributed by atoms with van der Waals surface area (Å²) in [6.45, 7) is 4.40. The number of benzene rings is 1. The van der Waals surface area contributed by atoms with Crippen LogP contribution in [0, 0.1) is 0 Å². The summed E-state index contributed by atoms with van der Waals surface area (Å²) in [5.74, 6) is 1.66. The van der Waals surface area contributed by atoms with Gasteiger partial charge in [-0.15, -0.1) is 0 Å². The van der Waals surface area contributed by atoms with Crippen LogP contribution >= 0.6 is 0 Å². The molecule has 0 saturated carbocycles. The number of aromatic nitrogens is 2. The maximum Gasteiger partial charge on any atom is 0.184 e. The van der Waals surface area contributed by atoms with Crippen molar-refractivity contribution >= 4 is 5.69 Å². The number of morpholine rings is 1. The van der Waals surface area contributed by atoms with Crippen LogP contribution < -0.4 is 14.4 Å². The lowest BCUT2D eigenvalue weighted by Crippen LogP contribution is -2.36. The predicted molar refractivity (Wildman–Crippen MR) is 82.7 cm³/mol. The van der Waals surface area contributed by atoms with E-state index < -0.39 is 0 Å². The molecule has 0 bridgehead atoms. The van der Waals surface area contributed by atoms with Crippen LogP contribution in [0.5, 0.6) is 11.5 Å². The van der Waals surface area contributed by atoms with E-state index in [1.807, 2.05) is 25.5 Å². The number of hydrogen-bond acceptors (Lipinski definition) is 5. The fourth-order valence-corrected chi connectivity index (χ4v) is 2.91. The third kappa shape index (κ3) is 2.39. The Labute approximate surface area is 129 Å². The lowest BCUT2D eigenvalue weighted by atomic mass is 10.1. The normalized spacial score (nSPS) is 17.6. The number of fused-ring (bicyclic) bond motifs is 1. The molecule has 6 heteroatoms. The van der Waals surface area contributed by atoms with Gasteiger partial charge in [0, 0.05) is 31.9 Å². The second kappa shape index (κ2) is 5.53. The number of rotatable bonds is 2. The molecule has 2 aromatic rings. The zero-order chi connectivity index (χ0) is 14.9. The van der Waals surface area contributed by atoms with Crippen molar-refractivity contribution in [3.8, 4) is 22.6 Å². The first-order valence-electron chi connectivity index (χ1n) is 7.56. The maximum atomic E-state index is 5.88. The first-order valence-corrected chi connectivity index (χ1v) is 7.56. The molecule has 0 atom stereocenters. The molecule has 22 heavy (non-hydrogen) atoms. The van der Waals surface area contributed by atoms with Gasteiger partial charge >= 0.3 is 0 Å². The minimum absolute atomic E-state index is 0.589. The van der Waals surface area contributed by atoms with Crippen molar-refractivity contribution in [1.82, 2.24) is 9.78 Å². The lowest BCUT2D eigenvalue weighted by Gasteiger charge is -2.32. The third-order valence-corrected chi connectivity index (χ3v) is 4.01. The number of ether oxygens (including phenoxy) is 3. The van der Waals surface area contributed by atoms with E-state index >= 15 is 0 Å². The van der Waals surface area contributed by atoms with Gasteiger partial charge in [-0.3, -0.25) is 4.68 Å². The van der Waals surface area contributed by atoms with E-state index in [0.717, 1.165) is 54.6 Å². The zero-order valence-corrected chi connectivity index (χ0v) is 12.6. The van der Waals surface area contributed by atoms with Crippen LogP contribution in [0.2, 0.25) is 0 Å². The monoisotopic (exact) mass is 301 g/mol. The molecule has 2 aliphatic heterocycles. The van der Waals surface area contributed by atoms with Crippen molar-refractivity contribution < 1.29 is 14.2 Å². The molecule has 0 amide bonds. The highest BCUT2D eigenvalue weighted by molar-refractivity contribution is 5.76. The fourth-order valence-electron chi connectivity index (χ4n) is 2.91. The van der Waals surface area contributed by atoms with Crippen LogP contribution in [-0.4, -0.2) is 49.3 Å². The summed E-state index contributed by atoms with van der Waals surface area (Å²) in [6.07, 6.45) is 3.88. The summed E-state index contributed by atoms with van der Waals surface area (Å²) in [5, 5.41) is 4.26. The Morgan fingerprint density at radius 1 is 1.00 bits per heavy atom. The van der Waals surface area contributed by atoms with Gasteiger partial charge in [-0.2, -0.15) is 5.10 Å². The van der Waals surface area contributed by atoms with Gasteiger partial charge < -0.3 is 19.1 Å². The summed E-state index contributed by atoms with van der Waals surface area (Å²) in [7, 11) is 1.92. The molecule has 1 fully saturated rings. The van der Waals surface area contributed by atoms with Crippen LogP contribution in [-0.2, 0) is 11.8 Å². The van der Waals surface area contributed by atoms with Crippen molar-refractivity contribution in [3.63, 3.8) is 0 Å². The van der Waals surface area contributed by atoms with Crippen molar-refractivity contribution in [2.75, 3.05) is 44.4 Å². The van der Waals surface area contributed by atoms with E-state index in [4.69, 9.17) is 14.2 Å². The third-order valence-electron chi connectivity index (χ3n) is 4.01. The van der Waals surface area contributed by atoms with Gasteiger partial charge in [0.2, 0.25) is 0 Å². The maximum absolute atomic E-state index is 5.88. The summed E-state index contributed by atoms with van der Waals surface area (Å²) in [6, 6.07) is 4.20. The Morgan fingerprint density at radius 3 is 2.59 bits per heavy atom. The molecule has 116 valence electrons. The molecule has 0 radical (unpaired) electrons. The highest BCUT2D eigenvalue weighted by atomic mass is 16.6. The average molecular weight is 301 g/mol. The van der Waals surface area contributed by atoms with Crippen molar-refractivity contribution in [1.29, 1.82) is 0 Å². The number of nitrogens with zero attached hydrogens (tertiary/aromatic N) is 3. The smallest absolute Gasteiger partial charge is 0.184 e. The van der Waals surface area contributed by atoms with Crippen molar-refractivity contribution in [2.45, 2.75) is 0 Å². The molecule has 3 heterocycles. The van der Waals surface area contributed by atoms with Gasteiger partial charge in [-0.1, -0.05) is 0 Å². The fraction of sp³-hybridized carbons (Fsp3) is 0.438. The Hall–Kier alpha value is -2.21.